The van der Waals surface area contributed by atoms with Crippen molar-refractivity contribution in [3.05, 3.63) is 75.3 Å². The zero-order valence-corrected chi connectivity index (χ0v) is 23.3. The van der Waals surface area contributed by atoms with E-state index in [2.05, 4.69) is 10.3 Å². The molecule has 4 atom stereocenters. The van der Waals surface area contributed by atoms with Gasteiger partial charge in [-0.25, -0.2) is 0 Å². The van der Waals surface area contributed by atoms with Crippen LogP contribution >= 0.6 is 0 Å². The molecule has 0 saturated heterocycles. The number of hydrogen-bond acceptors (Lipinski definition) is 10. The Hall–Kier alpha value is -4.55. The third-order valence-electron chi connectivity index (χ3n) is 8.64. The van der Waals surface area contributed by atoms with Crippen molar-refractivity contribution < 1.29 is 39.6 Å². The van der Waals surface area contributed by atoms with E-state index in [4.69, 9.17) is 5.73 Å². The fourth-order valence-corrected chi connectivity index (χ4v) is 6.68. The summed E-state index contributed by atoms with van der Waals surface area (Å²) in [7, 11) is 3.10. The maximum Gasteiger partial charge on any atom is 0.255 e. The number of phenolic OH excluding ortho intramolecular Hbond substituents is 1. The Kier molecular flexibility index (Phi) is 7.15. The van der Waals surface area contributed by atoms with E-state index in [1.165, 1.54) is 17.3 Å². The average Bonchev–Trinajstić information content (AvgIpc) is 2.94. The molecule has 1 aromatic carbocycles. The lowest BCUT2D eigenvalue weighted by Gasteiger charge is -2.50. The van der Waals surface area contributed by atoms with E-state index in [0.29, 0.717) is 23.1 Å². The number of aryl methyl sites for hydroxylation is 1. The van der Waals surface area contributed by atoms with E-state index in [-0.39, 0.29) is 36.3 Å². The number of rotatable bonds is 6. The standard InChI is InChI=1S/C30H32N4O8/c1-4-13-8-16(12-33-29(41)14-6-5-7-32-11-14)23(35)20-17(13)9-15-10-18-22(34(2)3)25(37)21(28(31)40)27(39)30(18,42)26(38)19(15)24(20)36/h5-8,11,15,18,22,35-36,39,42H,4,9-10,12H2,1-3H3,(H2,31,40)(H,33,41)/t15-,18+,22-,30+/m1/s1. The van der Waals surface area contributed by atoms with Gasteiger partial charge in [0.05, 0.1) is 17.2 Å². The average molecular weight is 577 g/mol. The number of nitrogens with zero attached hydrogens (tertiary/aromatic N) is 2. The molecule has 1 saturated carbocycles. The summed E-state index contributed by atoms with van der Waals surface area (Å²) in [6.07, 6.45) is 3.65. The van der Waals surface area contributed by atoms with E-state index in [0.717, 1.165) is 5.56 Å². The monoisotopic (exact) mass is 576 g/mol. The number of hydrogen-bond donors (Lipinski definition) is 6. The predicted octanol–water partition coefficient (Wildman–Crippen LogP) is 0.851. The van der Waals surface area contributed by atoms with Crippen LogP contribution in [-0.4, -0.2) is 79.4 Å². The molecule has 3 aliphatic carbocycles. The summed E-state index contributed by atoms with van der Waals surface area (Å²) in [5, 5.41) is 48.3. The number of carbonyl (C=O) groups excluding carboxylic acids is 4. The molecular weight excluding hydrogens is 544 g/mol. The Balaban J connectivity index is 1.62. The number of primary amides is 1. The van der Waals surface area contributed by atoms with Crippen LogP contribution in [0.15, 0.2) is 47.5 Å². The number of benzene rings is 1. The highest BCUT2D eigenvalue weighted by Crippen LogP contribution is 2.53. The van der Waals surface area contributed by atoms with Gasteiger partial charge in [0, 0.05) is 36.0 Å². The molecule has 2 aromatic rings. The lowest BCUT2D eigenvalue weighted by molar-refractivity contribution is -0.153. The lowest BCUT2D eigenvalue weighted by atomic mass is 9.57. The minimum Gasteiger partial charge on any atom is -0.508 e. The molecule has 1 heterocycles. The molecule has 12 heteroatoms. The first-order valence-electron chi connectivity index (χ1n) is 13.5. The Labute approximate surface area is 241 Å². The number of fused-ring (bicyclic) bond motifs is 3. The van der Waals surface area contributed by atoms with Gasteiger partial charge in [-0.3, -0.25) is 29.1 Å². The summed E-state index contributed by atoms with van der Waals surface area (Å²) in [4.78, 5) is 57.4. The molecule has 3 aliphatic rings. The molecule has 220 valence electrons. The summed E-state index contributed by atoms with van der Waals surface area (Å²) < 4.78 is 0. The van der Waals surface area contributed by atoms with Crippen LogP contribution in [0, 0.1) is 11.8 Å². The zero-order chi connectivity index (χ0) is 30.7. The number of pyridine rings is 1. The number of nitrogens with one attached hydrogen (secondary N) is 1. The third kappa shape index (κ3) is 4.17. The van der Waals surface area contributed by atoms with E-state index < -0.39 is 64.0 Å². The summed E-state index contributed by atoms with van der Waals surface area (Å²) >= 11 is 0. The van der Waals surface area contributed by atoms with Crippen molar-refractivity contribution in [2.75, 3.05) is 14.1 Å². The number of aliphatic hydroxyl groups excluding tert-OH is 2. The molecule has 0 bridgehead atoms. The van der Waals surface area contributed by atoms with Crippen LogP contribution in [0.3, 0.4) is 0 Å². The summed E-state index contributed by atoms with van der Waals surface area (Å²) in [5.74, 6) is -7.44. The van der Waals surface area contributed by atoms with Gasteiger partial charge in [0.1, 0.15) is 22.8 Å². The molecule has 0 spiro atoms. The molecule has 0 aliphatic heterocycles. The van der Waals surface area contributed by atoms with Gasteiger partial charge < -0.3 is 31.5 Å². The van der Waals surface area contributed by atoms with Crippen LogP contribution in [0.4, 0.5) is 0 Å². The maximum absolute atomic E-state index is 14.0. The largest absolute Gasteiger partial charge is 0.508 e. The van der Waals surface area contributed by atoms with Crippen molar-refractivity contribution >= 4 is 29.1 Å². The van der Waals surface area contributed by atoms with Crippen LogP contribution in [0.5, 0.6) is 5.75 Å². The number of Topliss-reactive ketones (excluding diaryl/α,β-unsaturated/α-hetero) is 2. The number of nitrogens with two attached hydrogens (primary N) is 1. The number of aromatic hydroxyl groups is 1. The van der Waals surface area contributed by atoms with Crippen LogP contribution in [-0.2, 0) is 33.8 Å². The molecule has 7 N–H and O–H groups in total. The van der Waals surface area contributed by atoms with E-state index >= 15 is 0 Å². The number of amides is 2. The first kappa shape index (κ1) is 29.0. The van der Waals surface area contributed by atoms with Gasteiger partial charge in [-0.05, 0) is 62.5 Å². The Morgan fingerprint density at radius 2 is 1.90 bits per heavy atom. The summed E-state index contributed by atoms with van der Waals surface area (Å²) in [5.41, 5.74) is 3.56. The third-order valence-corrected chi connectivity index (χ3v) is 8.64. The fourth-order valence-electron chi connectivity index (χ4n) is 6.68. The number of carbonyl (C=O) groups is 4. The number of phenols is 1. The Bertz CT molecular complexity index is 1600. The van der Waals surface area contributed by atoms with Crippen LogP contribution in [0.2, 0.25) is 0 Å². The van der Waals surface area contributed by atoms with Crippen molar-refractivity contribution in [3.8, 4) is 5.75 Å². The van der Waals surface area contributed by atoms with Crippen LogP contribution in [0.25, 0.3) is 5.76 Å². The van der Waals surface area contributed by atoms with Crippen molar-refractivity contribution in [1.82, 2.24) is 15.2 Å². The highest BCUT2D eigenvalue weighted by atomic mass is 16.3. The molecule has 12 nitrogen and oxygen atoms in total. The number of likely N-dealkylation sites (N-methyl/N-ethyl adjacent to an activating group) is 1. The summed E-state index contributed by atoms with van der Waals surface area (Å²) in [6, 6.07) is 3.79. The second kappa shape index (κ2) is 10.4. The number of aromatic nitrogens is 1. The first-order chi connectivity index (χ1) is 19.8. The van der Waals surface area contributed by atoms with Crippen LogP contribution in [0.1, 0.15) is 46.0 Å². The highest BCUT2D eigenvalue weighted by Gasteiger charge is 2.64. The second-order valence-electron chi connectivity index (χ2n) is 11.1. The van der Waals surface area contributed by atoms with Crippen molar-refractivity contribution in [2.45, 2.75) is 44.4 Å². The van der Waals surface area contributed by atoms with Crippen molar-refractivity contribution in [2.24, 2.45) is 17.6 Å². The predicted molar refractivity (Wildman–Crippen MR) is 149 cm³/mol. The number of aliphatic hydroxyl groups is 3. The molecule has 5 rings (SSSR count). The van der Waals surface area contributed by atoms with Gasteiger partial charge in [-0.2, -0.15) is 0 Å². The quantitative estimate of drug-likeness (QED) is 0.268. The Morgan fingerprint density at radius 3 is 2.50 bits per heavy atom. The maximum atomic E-state index is 14.0. The topological polar surface area (TPSA) is 203 Å². The van der Waals surface area contributed by atoms with Gasteiger partial charge in [0.15, 0.2) is 11.4 Å². The lowest BCUT2D eigenvalue weighted by Crippen LogP contribution is -2.65. The molecule has 0 unspecified atom stereocenters. The van der Waals surface area contributed by atoms with Crippen LogP contribution < -0.4 is 11.1 Å². The summed E-state index contributed by atoms with van der Waals surface area (Å²) in [6.45, 7) is 1.80. The van der Waals surface area contributed by atoms with Crippen molar-refractivity contribution in [1.29, 1.82) is 0 Å². The Morgan fingerprint density at radius 1 is 1.19 bits per heavy atom. The zero-order valence-electron chi connectivity index (χ0n) is 23.3. The number of ketones is 2. The molecule has 1 fully saturated rings. The van der Waals surface area contributed by atoms with Gasteiger partial charge in [0.2, 0.25) is 5.78 Å². The SMILES string of the molecule is CCc1cc(CNC(=O)c2cccnc2)c(O)c2c1C[C@@H]1C[C@H]3[C@@H](N(C)C)C(=O)C(C(N)=O)=C(O)[C@@]3(O)C(=O)C1=C2O. The smallest absolute Gasteiger partial charge is 0.255 e. The minimum atomic E-state index is -2.71. The van der Waals surface area contributed by atoms with Gasteiger partial charge in [-0.1, -0.05) is 13.0 Å². The normalized spacial score (nSPS) is 25.2. The first-order valence-corrected chi connectivity index (χ1v) is 13.5. The molecule has 2 amide bonds. The minimum absolute atomic E-state index is 0.00346. The molecule has 1 aromatic heterocycles. The highest BCUT2D eigenvalue weighted by molar-refractivity contribution is 6.24. The second-order valence-corrected chi connectivity index (χ2v) is 11.1. The molecule has 42 heavy (non-hydrogen) atoms. The van der Waals surface area contributed by atoms with Gasteiger partial charge in [-0.15, -0.1) is 0 Å². The molecule has 0 radical (unpaired) electrons. The molecular formula is C30H32N4O8. The van der Waals surface area contributed by atoms with Gasteiger partial charge >= 0.3 is 0 Å². The van der Waals surface area contributed by atoms with E-state index in [1.807, 2.05) is 6.92 Å². The van der Waals surface area contributed by atoms with E-state index in [9.17, 15) is 39.6 Å². The van der Waals surface area contributed by atoms with E-state index in [1.54, 1.807) is 32.3 Å². The van der Waals surface area contributed by atoms with Gasteiger partial charge in [0.25, 0.3) is 11.8 Å². The fraction of sp³-hybridized carbons (Fsp3) is 0.367. The van der Waals surface area contributed by atoms with Crippen molar-refractivity contribution in [3.63, 3.8) is 0 Å².